The van der Waals surface area contributed by atoms with E-state index in [0.29, 0.717) is 25.2 Å². The average Bonchev–Trinajstić information content (AvgIpc) is 2.23. The highest BCUT2D eigenvalue weighted by Gasteiger charge is 2.01. The molecule has 0 N–H and O–H groups in total. The van der Waals surface area contributed by atoms with Crippen molar-refractivity contribution in [3.05, 3.63) is 0 Å². The summed E-state index contributed by atoms with van der Waals surface area (Å²) < 4.78 is 4.79. The summed E-state index contributed by atoms with van der Waals surface area (Å²) in [6.45, 7) is 4.01. The third-order valence-corrected chi connectivity index (χ3v) is 2.46. The Morgan fingerprint density at radius 3 is 2.12 bits per heavy atom. The molecular formula is C13H24O3. The fourth-order valence-electron chi connectivity index (χ4n) is 1.51. The molecular weight excluding hydrogens is 204 g/mol. The van der Waals surface area contributed by atoms with Gasteiger partial charge in [-0.1, -0.05) is 26.2 Å². The van der Waals surface area contributed by atoms with Crippen molar-refractivity contribution in [3.63, 3.8) is 0 Å². The third kappa shape index (κ3) is 11.2. The van der Waals surface area contributed by atoms with Crippen LogP contribution in [-0.4, -0.2) is 18.4 Å². The van der Waals surface area contributed by atoms with Crippen LogP contribution in [0.15, 0.2) is 0 Å². The van der Waals surface area contributed by atoms with E-state index >= 15 is 0 Å². The van der Waals surface area contributed by atoms with E-state index in [2.05, 4.69) is 6.92 Å². The topological polar surface area (TPSA) is 43.4 Å². The lowest BCUT2D eigenvalue weighted by Crippen LogP contribution is -2.02. The molecule has 0 aliphatic carbocycles. The monoisotopic (exact) mass is 228 g/mol. The van der Waals surface area contributed by atoms with Gasteiger partial charge in [0.15, 0.2) is 0 Å². The summed E-state index contributed by atoms with van der Waals surface area (Å²) in [6.07, 6.45) is 7.59. The number of rotatable bonds is 10. The summed E-state index contributed by atoms with van der Waals surface area (Å²) in [5, 5.41) is 0. The first-order valence-electron chi connectivity index (χ1n) is 6.32. The van der Waals surface area contributed by atoms with Crippen LogP contribution < -0.4 is 0 Å². The van der Waals surface area contributed by atoms with Crippen molar-refractivity contribution in [1.29, 1.82) is 0 Å². The maximum atomic E-state index is 11.4. The number of esters is 1. The minimum atomic E-state index is -0.245. The summed E-state index contributed by atoms with van der Waals surface area (Å²) in [4.78, 5) is 21.8. The standard InChI is InChI=1S/C13H24O3/c1-3-4-5-6-9-13(15)10-7-8-11-16-12(2)14/h3-11H2,1-2H3. The minimum Gasteiger partial charge on any atom is -0.466 e. The van der Waals surface area contributed by atoms with Crippen LogP contribution in [0.5, 0.6) is 0 Å². The van der Waals surface area contributed by atoms with E-state index in [4.69, 9.17) is 4.74 Å². The molecule has 0 aromatic rings. The molecule has 94 valence electrons. The van der Waals surface area contributed by atoms with Crippen molar-refractivity contribution in [3.8, 4) is 0 Å². The Kier molecular flexibility index (Phi) is 10.1. The number of unbranched alkanes of at least 4 members (excludes halogenated alkanes) is 4. The summed E-state index contributed by atoms with van der Waals surface area (Å²) in [7, 11) is 0. The predicted molar refractivity (Wildman–Crippen MR) is 64.3 cm³/mol. The Morgan fingerprint density at radius 2 is 1.56 bits per heavy atom. The Hall–Kier alpha value is -0.860. The Labute approximate surface area is 98.6 Å². The van der Waals surface area contributed by atoms with Crippen LogP contribution in [0, 0.1) is 0 Å². The zero-order valence-corrected chi connectivity index (χ0v) is 10.6. The predicted octanol–water partition coefficient (Wildman–Crippen LogP) is 3.26. The van der Waals surface area contributed by atoms with Gasteiger partial charge in [-0.3, -0.25) is 9.59 Å². The number of Topliss-reactive ketones (excluding diaryl/α,β-unsaturated/α-hetero) is 1. The van der Waals surface area contributed by atoms with Gasteiger partial charge in [0.2, 0.25) is 0 Å². The van der Waals surface area contributed by atoms with Crippen molar-refractivity contribution in [2.75, 3.05) is 6.61 Å². The van der Waals surface area contributed by atoms with E-state index < -0.39 is 0 Å². The zero-order chi connectivity index (χ0) is 12.2. The van der Waals surface area contributed by atoms with Gasteiger partial charge in [0.1, 0.15) is 5.78 Å². The molecule has 0 aromatic carbocycles. The largest absolute Gasteiger partial charge is 0.466 e. The fourth-order valence-corrected chi connectivity index (χ4v) is 1.51. The lowest BCUT2D eigenvalue weighted by atomic mass is 10.1. The van der Waals surface area contributed by atoms with Gasteiger partial charge in [-0.2, -0.15) is 0 Å². The summed E-state index contributed by atoms with van der Waals surface area (Å²) in [5.74, 6) is 0.102. The second-order valence-corrected chi connectivity index (χ2v) is 4.15. The van der Waals surface area contributed by atoms with Crippen LogP contribution in [0.25, 0.3) is 0 Å². The van der Waals surface area contributed by atoms with Crippen LogP contribution in [-0.2, 0) is 14.3 Å². The van der Waals surface area contributed by atoms with Crippen LogP contribution >= 0.6 is 0 Å². The smallest absolute Gasteiger partial charge is 0.302 e. The molecule has 0 saturated carbocycles. The van der Waals surface area contributed by atoms with Crippen molar-refractivity contribution in [2.24, 2.45) is 0 Å². The highest BCUT2D eigenvalue weighted by atomic mass is 16.5. The van der Waals surface area contributed by atoms with Gasteiger partial charge in [-0.25, -0.2) is 0 Å². The second kappa shape index (κ2) is 10.7. The Morgan fingerprint density at radius 1 is 0.938 bits per heavy atom. The summed E-state index contributed by atoms with van der Waals surface area (Å²) >= 11 is 0. The molecule has 0 aliphatic heterocycles. The molecule has 0 rings (SSSR count). The third-order valence-electron chi connectivity index (χ3n) is 2.46. The van der Waals surface area contributed by atoms with E-state index in [-0.39, 0.29) is 5.97 Å². The van der Waals surface area contributed by atoms with Crippen LogP contribution in [0.4, 0.5) is 0 Å². The highest BCUT2D eigenvalue weighted by Crippen LogP contribution is 2.06. The maximum Gasteiger partial charge on any atom is 0.302 e. The molecule has 0 saturated heterocycles. The molecule has 0 atom stereocenters. The van der Waals surface area contributed by atoms with Gasteiger partial charge >= 0.3 is 5.97 Å². The Bertz CT molecular complexity index is 199. The number of carbonyl (C=O) groups is 2. The van der Waals surface area contributed by atoms with Crippen molar-refractivity contribution in [2.45, 2.75) is 65.2 Å². The molecule has 0 aromatic heterocycles. The first-order valence-corrected chi connectivity index (χ1v) is 6.32. The first-order chi connectivity index (χ1) is 7.66. The van der Waals surface area contributed by atoms with Crippen LogP contribution in [0.1, 0.15) is 65.2 Å². The van der Waals surface area contributed by atoms with E-state index in [1.165, 1.54) is 19.8 Å². The SMILES string of the molecule is CCCCCCC(=O)CCCCOC(C)=O. The number of hydrogen-bond acceptors (Lipinski definition) is 3. The van der Waals surface area contributed by atoms with E-state index in [0.717, 1.165) is 25.7 Å². The molecule has 0 fully saturated rings. The molecule has 0 spiro atoms. The van der Waals surface area contributed by atoms with Gasteiger partial charge in [-0.15, -0.1) is 0 Å². The molecule has 0 bridgehead atoms. The fraction of sp³-hybridized carbons (Fsp3) is 0.846. The highest BCUT2D eigenvalue weighted by molar-refractivity contribution is 5.78. The van der Waals surface area contributed by atoms with E-state index in [1.807, 2.05) is 0 Å². The molecule has 0 heterocycles. The van der Waals surface area contributed by atoms with Crippen LogP contribution in [0.2, 0.25) is 0 Å². The molecule has 0 aliphatic rings. The van der Waals surface area contributed by atoms with Gasteiger partial charge in [0, 0.05) is 19.8 Å². The van der Waals surface area contributed by atoms with Crippen molar-refractivity contribution in [1.82, 2.24) is 0 Å². The number of carbonyl (C=O) groups excluding carboxylic acids is 2. The Balaban J connectivity index is 3.20. The van der Waals surface area contributed by atoms with Crippen LogP contribution in [0.3, 0.4) is 0 Å². The van der Waals surface area contributed by atoms with Crippen molar-refractivity contribution >= 4 is 11.8 Å². The maximum absolute atomic E-state index is 11.4. The molecule has 0 radical (unpaired) electrons. The lowest BCUT2D eigenvalue weighted by molar-refractivity contribution is -0.141. The normalized spacial score (nSPS) is 10.1. The number of hydrogen-bond donors (Lipinski definition) is 0. The molecule has 3 nitrogen and oxygen atoms in total. The second-order valence-electron chi connectivity index (χ2n) is 4.15. The summed E-state index contributed by atoms with van der Waals surface area (Å²) in [5.41, 5.74) is 0. The number of ether oxygens (including phenoxy) is 1. The molecule has 0 amide bonds. The van der Waals surface area contributed by atoms with E-state index in [1.54, 1.807) is 0 Å². The van der Waals surface area contributed by atoms with Gasteiger partial charge < -0.3 is 4.74 Å². The molecule has 3 heteroatoms. The number of ketones is 1. The average molecular weight is 228 g/mol. The first kappa shape index (κ1) is 15.1. The quantitative estimate of drug-likeness (QED) is 0.426. The minimum absolute atomic E-state index is 0.245. The van der Waals surface area contributed by atoms with E-state index in [9.17, 15) is 9.59 Å². The van der Waals surface area contributed by atoms with Crippen molar-refractivity contribution < 1.29 is 14.3 Å². The molecule has 0 unspecified atom stereocenters. The van der Waals surface area contributed by atoms with Gasteiger partial charge in [0.05, 0.1) is 6.61 Å². The summed E-state index contributed by atoms with van der Waals surface area (Å²) in [6, 6.07) is 0. The van der Waals surface area contributed by atoms with Gasteiger partial charge in [0.25, 0.3) is 0 Å². The lowest BCUT2D eigenvalue weighted by Gasteiger charge is -2.02. The molecule has 16 heavy (non-hydrogen) atoms. The zero-order valence-electron chi connectivity index (χ0n) is 10.6. The van der Waals surface area contributed by atoms with Gasteiger partial charge in [-0.05, 0) is 19.3 Å².